The minimum atomic E-state index is -4.12. The number of methoxy groups -OCH3 is 1. The Morgan fingerprint density at radius 1 is 1.00 bits per heavy atom. The van der Waals surface area contributed by atoms with E-state index < -0.39 is 22.5 Å². The number of hydrogen-bond acceptors (Lipinski definition) is 4. The molecule has 1 N–H and O–H groups in total. The molecule has 0 spiro atoms. The summed E-state index contributed by atoms with van der Waals surface area (Å²) < 4.78 is 33.2. The van der Waals surface area contributed by atoms with Crippen molar-refractivity contribution in [3.05, 3.63) is 81.8 Å². The zero-order valence-electron chi connectivity index (χ0n) is 17.7. The van der Waals surface area contributed by atoms with E-state index in [1.54, 1.807) is 36.4 Å². The minimum absolute atomic E-state index is 0.0279. The second kappa shape index (κ2) is 9.81. The molecule has 168 valence electrons. The molecule has 0 aromatic heterocycles. The van der Waals surface area contributed by atoms with Gasteiger partial charge in [0.05, 0.1) is 33.4 Å². The number of rotatable bonds is 7. The number of benzene rings is 3. The number of sulfonamides is 1. The normalized spacial score (nSPS) is 11.2. The van der Waals surface area contributed by atoms with Gasteiger partial charge in [-0.15, -0.1) is 0 Å². The molecule has 6 nitrogen and oxygen atoms in total. The van der Waals surface area contributed by atoms with E-state index in [1.807, 2.05) is 19.9 Å². The van der Waals surface area contributed by atoms with Crippen molar-refractivity contribution in [3.8, 4) is 5.75 Å². The predicted molar refractivity (Wildman–Crippen MR) is 129 cm³/mol. The Labute approximate surface area is 197 Å². The van der Waals surface area contributed by atoms with Gasteiger partial charge in [-0.3, -0.25) is 9.10 Å². The van der Waals surface area contributed by atoms with Gasteiger partial charge >= 0.3 is 0 Å². The third-order valence-electron chi connectivity index (χ3n) is 4.73. The number of nitrogens with one attached hydrogen (secondary N) is 1. The summed E-state index contributed by atoms with van der Waals surface area (Å²) in [6, 6.07) is 16.3. The van der Waals surface area contributed by atoms with Crippen molar-refractivity contribution in [2.45, 2.75) is 18.7 Å². The van der Waals surface area contributed by atoms with Gasteiger partial charge in [0.1, 0.15) is 12.3 Å². The lowest BCUT2D eigenvalue weighted by atomic mass is 10.2. The van der Waals surface area contributed by atoms with E-state index in [0.29, 0.717) is 11.4 Å². The van der Waals surface area contributed by atoms with Crippen LogP contribution in [-0.2, 0) is 14.8 Å². The van der Waals surface area contributed by atoms with Gasteiger partial charge in [0.2, 0.25) is 5.91 Å². The maximum absolute atomic E-state index is 13.5. The van der Waals surface area contributed by atoms with Crippen LogP contribution in [0, 0.1) is 13.8 Å². The summed E-state index contributed by atoms with van der Waals surface area (Å²) in [5, 5.41) is 2.93. The predicted octanol–water partition coefficient (Wildman–Crippen LogP) is 5.45. The third kappa shape index (κ3) is 5.18. The Morgan fingerprint density at radius 3 is 2.31 bits per heavy atom. The topological polar surface area (TPSA) is 75.7 Å². The Hall–Kier alpha value is -2.74. The first-order chi connectivity index (χ1) is 15.1. The highest BCUT2D eigenvalue weighted by molar-refractivity contribution is 7.92. The molecule has 32 heavy (non-hydrogen) atoms. The lowest BCUT2D eigenvalue weighted by molar-refractivity contribution is -0.114. The summed E-state index contributed by atoms with van der Waals surface area (Å²) in [6.45, 7) is 3.20. The van der Waals surface area contributed by atoms with Crippen LogP contribution >= 0.6 is 23.2 Å². The molecule has 3 aromatic carbocycles. The highest BCUT2D eigenvalue weighted by atomic mass is 35.5. The summed E-state index contributed by atoms with van der Waals surface area (Å²) in [7, 11) is -2.64. The van der Waals surface area contributed by atoms with E-state index in [-0.39, 0.29) is 20.6 Å². The molecule has 1 amide bonds. The first kappa shape index (κ1) is 23.9. The molecular weight excluding hydrogens is 471 g/mol. The first-order valence-electron chi connectivity index (χ1n) is 9.61. The summed E-state index contributed by atoms with van der Waals surface area (Å²) in [5.74, 6) is -0.113. The molecule has 0 aliphatic heterocycles. The Morgan fingerprint density at radius 2 is 1.66 bits per heavy atom. The molecule has 0 heterocycles. The van der Waals surface area contributed by atoms with E-state index in [2.05, 4.69) is 5.32 Å². The van der Waals surface area contributed by atoms with Crippen molar-refractivity contribution in [2.75, 3.05) is 23.3 Å². The molecule has 3 aromatic rings. The van der Waals surface area contributed by atoms with Gasteiger partial charge in [-0.05, 0) is 55.8 Å². The fourth-order valence-corrected chi connectivity index (χ4v) is 4.94. The average Bonchev–Trinajstić information content (AvgIpc) is 2.75. The van der Waals surface area contributed by atoms with Crippen molar-refractivity contribution < 1.29 is 17.9 Å². The van der Waals surface area contributed by atoms with Crippen molar-refractivity contribution in [1.82, 2.24) is 0 Å². The van der Waals surface area contributed by atoms with Crippen LogP contribution in [-0.4, -0.2) is 28.0 Å². The van der Waals surface area contributed by atoms with E-state index in [9.17, 15) is 13.2 Å². The van der Waals surface area contributed by atoms with Crippen LogP contribution in [0.5, 0.6) is 5.75 Å². The number of anilines is 2. The molecule has 3 rings (SSSR count). The zero-order chi connectivity index (χ0) is 23.5. The molecular formula is C23H22Cl2N2O4S. The van der Waals surface area contributed by atoms with Crippen LogP contribution in [0.2, 0.25) is 10.0 Å². The van der Waals surface area contributed by atoms with Gasteiger partial charge in [-0.25, -0.2) is 8.42 Å². The van der Waals surface area contributed by atoms with Gasteiger partial charge in [0.25, 0.3) is 10.0 Å². The van der Waals surface area contributed by atoms with E-state index in [4.69, 9.17) is 27.9 Å². The summed E-state index contributed by atoms with van der Waals surface area (Å²) >= 11 is 12.5. The number of amides is 1. The number of hydrogen-bond donors (Lipinski definition) is 1. The van der Waals surface area contributed by atoms with Gasteiger partial charge < -0.3 is 10.1 Å². The van der Waals surface area contributed by atoms with Gasteiger partial charge in [-0.1, -0.05) is 53.0 Å². The molecule has 9 heteroatoms. The quantitative estimate of drug-likeness (QED) is 0.475. The fraction of sp³-hybridized carbons (Fsp3) is 0.174. The van der Waals surface area contributed by atoms with Crippen LogP contribution in [0.15, 0.2) is 65.6 Å². The Kier molecular flexibility index (Phi) is 7.33. The SMILES string of the molecule is COc1ccc(C)cc1NC(=O)CN(c1cccc(Cl)c1Cl)S(=O)(=O)c1ccc(C)cc1. The van der Waals surface area contributed by atoms with Crippen molar-refractivity contribution >= 4 is 50.5 Å². The van der Waals surface area contributed by atoms with Crippen molar-refractivity contribution in [2.24, 2.45) is 0 Å². The maximum Gasteiger partial charge on any atom is 0.264 e. The molecule has 0 aliphatic rings. The molecule has 0 aliphatic carbocycles. The molecule has 0 saturated heterocycles. The third-order valence-corrected chi connectivity index (χ3v) is 7.31. The number of halogens is 2. The summed E-state index contributed by atoms with van der Waals surface area (Å²) in [6.07, 6.45) is 0. The van der Waals surface area contributed by atoms with E-state index in [1.165, 1.54) is 25.3 Å². The fourth-order valence-electron chi connectivity index (χ4n) is 3.06. The monoisotopic (exact) mass is 492 g/mol. The molecule has 0 saturated carbocycles. The largest absolute Gasteiger partial charge is 0.495 e. The molecule has 0 fully saturated rings. The summed E-state index contributed by atoms with van der Waals surface area (Å²) in [4.78, 5) is 13.0. The standard InChI is InChI=1S/C23H22Cl2N2O4S/c1-15-7-10-17(11-8-15)32(29,30)27(20-6-4-5-18(24)23(20)25)14-22(28)26-19-13-16(2)9-12-21(19)31-3/h4-13H,14H2,1-3H3,(H,26,28). The van der Waals surface area contributed by atoms with Crippen LogP contribution in [0.1, 0.15) is 11.1 Å². The van der Waals surface area contributed by atoms with Crippen LogP contribution < -0.4 is 14.4 Å². The highest BCUT2D eigenvalue weighted by Gasteiger charge is 2.29. The second-order valence-electron chi connectivity index (χ2n) is 7.15. The maximum atomic E-state index is 13.5. The Bertz CT molecular complexity index is 1250. The van der Waals surface area contributed by atoms with Crippen LogP contribution in [0.4, 0.5) is 11.4 Å². The van der Waals surface area contributed by atoms with E-state index >= 15 is 0 Å². The number of nitrogens with zero attached hydrogens (tertiary/aromatic N) is 1. The lowest BCUT2D eigenvalue weighted by Crippen LogP contribution is -2.38. The number of carbonyl (C=O) groups excluding carboxylic acids is 1. The van der Waals surface area contributed by atoms with Crippen LogP contribution in [0.3, 0.4) is 0 Å². The summed E-state index contributed by atoms with van der Waals surface area (Å²) in [5.41, 5.74) is 2.34. The van der Waals surface area contributed by atoms with E-state index in [0.717, 1.165) is 15.4 Å². The number of ether oxygens (including phenoxy) is 1. The molecule has 0 bridgehead atoms. The average molecular weight is 493 g/mol. The number of carbonyl (C=O) groups is 1. The first-order valence-corrected chi connectivity index (χ1v) is 11.8. The molecule has 0 atom stereocenters. The minimum Gasteiger partial charge on any atom is -0.495 e. The second-order valence-corrected chi connectivity index (χ2v) is 9.80. The zero-order valence-corrected chi connectivity index (χ0v) is 20.1. The lowest BCUT2D eigenvalue weighted by Gasteiger charge is -2.25. The molecule has 0 unspecified atom stereocenters. The Balaban J connectivity index is 2.02. The van der Waals surface area contributed by atoms with Gasteiger partial charge in [0.15, 0.2) is 0 Å². The van der Waals surface area contributed by atoms with Gasteiger partial charge in [-0.2, -0.15) is 0 Å². The van der Waals surface area contributed by atoms with Crippen LogP contribution in [0.25, 0.3) is 0 Å². The highest BCUT2D eigenvalue weighted by Crippen LogP contribution is 2.35. The van der Waals surface area contributed by atoms with Crippen molar-refractivity contribution in [1.29, 1.82) is 0 Å². The molecule has 0 radical (unpaired) electrons. The van der Waals surface area contributed by atoms with Gasteiger partial charge in [0, 0.05) is 0 Å². The number of aryl methyl sites for hydroxylation is 2. The van der Waals surface area contributed by atoms with Crippen molar-refractivity contribution in [3.63, 3.8) is 0 Å². The smallest absolute Gasteiger partial charge is 0.264 e.